The van der Waals surface area contributed by atoms with Crippen molar-refractivity contribution < 1.29 is 14.0 Å². The predicted molar refractivity (Wildman–Crippen MR) is 121 cm³/mol. The second-order valence-corrected chi connectivity index (χ2v) is 9.49. The fraction of sp³-hybridized carbons (Fsp3) is 0.320. The summed E-state index contributed by atoms with van der Waals surface area (Å²) in [5.41, 5.74) is 2.96. The van der Waals surface area contributed by atoms with E-state index in [0.29, 0.717) is 34.8 Å². The van der Waals surface area contributed by atoms with Gasteiger partial charge >= 0.3 is 0 Å². The van der Waals surface area contributed by atoms with Gasteiger partial charge in [-0.2, -0.15) is 0 Å². The van der Waals surface area contributed by atoms with E-state index in [-0.39, 0.29) is 22.9 Å². The van der Waals surface area contributed by atoms with Gasteiger partial charge in [0.05, 0.1) is 5.92 Å². The Hall–Kier alpha value is -2.79. The molecule has 0 bridgehead atoms. The lowest BCUT2D eigenvalue weighted by Crippen LogP contribution is -2.44. The number of allylic oxidation sites excluding steroid dienone is 1. The first kappa shape index (κ1) is 21.4. The van der Waals surface area contributed by atoms with E-state index in [1.165, 1.54) is 24.3 Å². The number of hydrogen-bond acceptors (Lipinski definition) is 3. The van der Waals surface area contributed by atoms with E-state index >= 15 is 0 Å². The van der Waals surface area contributed by atoms with Gasteiger partial charge in [0.25, 0.3) is 5.91 Å². The fourth-order valence-electron chi connectivity index (χ4n) is 4.68. The van der Waals surface area contributed by atoms with Gasteiger partial charge in [-0.05, 0) is 60.7 Å². The number of Topliss-reactive ketones (excluding diaryl/α,β-unsaturated/α-hetero) is 1. The van der Waals surface area contributed by atoms with E-state index in [1.54, 1.807) is 19.1 Å². The van der Waals surface area contributed by atoms with Crippen LogP contribution in [0.25, 0.3) is 0 Å². The van der Waals surface area contributed by atoms with Crippen molar-refractivity contribution in [2.24, 2.45) is 16.3 Å². The van der Waals surface area contributed by atoms with Gasteiger partial charge in [-0.1, -0.05) is 37.6 Å². The molecule has 2 atom stereocenters. The number of rotatable bonds is 3. The number of amides is 1. The molecule has 2 aromatic carbocycles. The van der Waals surface area contributed by atoms with Crippen molar-refractivity contribution in [1.29, 1.82) is 0 Å². The van der Waals surface area contributed by atoms with Crippen molar-refractivity contribution in [2.45, 2.75) is 39.5 Å². The average molecular weight is 439 g/mol. The van der Waals surface area contributed by atoms with Gasteiger partial charge in [0.15, 0.2) is 0 Å². The van der Waals surface area contributed by atoms with Crippen LogP contribution < -0.4 is 5.32 Å². The number of fused-ring (bicyclic) bond motifs is 1. The SMILES string of the molecule is CC1=C(C(=O)Nc2ccc(F)cc2)[C@@H](c2cccc(Cl)c2)[C@H]2C(=O)CC(C)(C)CC2=N1. The summed E-state index contributed by atoms with van der Waals surface area (Å²) in [4.78, 5) is 31.4. The molecule has 0 aromatic heterocycles. The number of nitrogens with one attached hydrogen (secondary N) is 1. The molecule has 0 radical (unpaired) electrons. The molecule has 1 amide bonds. The smallest absolute Gasteiger partial charge is 0.254 e. The molecule has 0 spiro atoms. The summed E-state index contributed by atoms with van der Waals surface area (Å²) >= 11 is 6.26. The van der Waals surface area contributed by atoms with Crippen LogP contribution in [0, 0.1) is 17.2 Å². The van der Waals surface area contributed by atoms with Crippen LogP contribution in [0.5, 0.6) is 0 Å². The Morgan fingerprint density at radius 2 is 1.84 bits per heavy atom. The monoisotopic (exact) mass is 438 g/mol. The summed E-state index contributed by atoms with van der Waals surface area (Å²) in [6, 6.07) is 12.9. The van der Waals surface area contributed by atoms with Crippen molar-refractivity contribution in [2.75, 3.05) is 5.32 Å². The van der Waals surface area contributed by atoms with Gasteiger partial charge in [0.2, 0.25) is 0 Å². The molecule has 31 heavy (non-hydrogen) atoms. The zero-order valence-corrected chi connectivity index (χ0v) is 18.5. The molecular formula is C25H24ClFN2O2. The molecule has 6 heteroatoms. The number of benzene rings is 2. The van der Waals surface area contributed by atoms with Crippen LogP contribution in [0.4, 0.5) is 10.1 Å². The zero-order valence-electron chi connectivity index (χ0n) is 17.7. The molecule has 1 aliphatic carbocycles. The highest BCUT2D eigenvalue weighted by Gasteiger charge is 2.47. The number of halogens is 2. The van der Waals surface area contributed by atoms with E-state index in [4.69, 9.17) is 16.6 Å². The van der Waals surface area contributed by atoms with Crippen LogP contribution in [0.15, 0.2) is 64.8 Å². The minimum Gasteiger partial charge on any atom is -0.322 e. The highest BCUT2D eigenvalue weighted by molar-refractivity contribution is 6.30. The summed E-state index contributed by atoms with van der Waals surface area (Å²) in [5, 5.41) is 3.38. The molecule has 4 rings (SSSR count). The molecule has 2 aromatic rings. The number of nitrogens with zero attached hydrogens (tertiary/aromatic N) is 1. The Bertz CT molecular complexity index is 1120. The first-order valence-corrected chi connectivity index (χ1v) is 10.7. The minimum absolute atomic E-state index is 0.0829. The molecule has 1 N–H and O–H groups in total. The van der Waals surface area contributed by atoms with E-state index in [1.807, 2.05) is 12.1 Å². The van der Waals surface area contributed by atoms with Crippen molar-refractivity contribution >= 4 is 34.7 Å². The van der Waals surface area contributed by atoms with E-state index in [9.17, 15) is 14.0 Å². The average Bonchev–Trinajstić information content (AvgIpc) is 2.67. The van der Waals surface area contributed by atoms with Crippen LogP contribution in [0.1, 0.15) is 45.1 Å². The van der Waals surface area contributed by atoms with E-state index in [0.717, 1.165) is 11.3 Å². The van der Waals surface area contributed by atoms with Crippen molar-refractivity contribution in [1.82, 2.24) is 0 Å². The zero-order chi connectivity index (χ0) is 22.3. The van der Waals surface area contributed by atoms with Crippen LogP contribution in [-0.2, 0) is 9.59 Å². The molecule has 2 aliphatic rings. The first-order valence-electron chi connectivity index (χ1n) is 10.3. The molecular weight excluding hydrogens is 415 g/mol. The third kappa shape index (κ3) is 4.33. The van der Waals surface area contributed by atoms with Gasteiger partial charge in [0.1, 0.15) is 11.6 Å². The third-order valence-corrected chi connectivity index (χ3v) is 6.15. The van der Waals surface area contributed by atoms with Gasteiger partial charge < -0.3 is 5.32 Å². The summed E-state index contributed by atoms with van der Waals surface area (Å²) in [5.74, 6) is -1.62. The largest absolute Gasteiger partial charge is 0.322 e. The Labute approximate surface area is 186 Å². The number of hydrogen-bond donors (Lipinski definition) is 1. The second kappa shape index (κ2) is 8.04. The Morgan fingerprint density at radius 3 is 2.52 bits per heavy atom. The van der Waals surface area contributed by atoms with Crippen molar-refractivity contribution in [3.8, 4) is 0 Å². The Kier molecular flexibility index (Phi) is 5.56. The number of aliphatic imine (C=N–C) groups is 1. The lowest BCUT2D eigenvalue weighted by molar-refractivity contribution is -0.124. The molecule has 0 saturated heterocycles. The molecule has 4 nitrogen and oxygen atoms in total. The molecule has 0 unspecified atom stereocenters. The topological polar surface area (TPSA) is 58.5 Å². The number of carbonyl (C=O) groups excluding carboxylic acids is 2. The van der Waals surface area contributed by atoms with Gasteiger partial charge in [-0.3, -0.25) is 14.6 Å². The van der Waals surface area contributed by atoms with Gasteiger partial charge in [0, 0.05) is 40.0 Å². The summed E-state index contributed by atoms with van der Waals surface area (Å²) < 4.78 is 13.3. The highest BCUT2D eigenvalue weighted by Crippen LogP contribution is 2.47. The summed E-state index contributed by atoms with van der Waals surface area (Å²) in [7, 11) is 0. The quantitative estimate of drug-likeness (QED) is 0.645. The predicted octanol–water partition coefficient (Wildman–Crippen LogP) is 5.94. The van der Waals surface area contributed by atoms with Gasteiger partial charge in [-0.15, -0.1) is 0 Å². The Morgan fingerprint density at radius 1 is 1.13 bits per heavy atom. The van der Waals surface area contributed by atoms with Crippen molar-refractivity contribution in [3.05, 3.63) is 76.2 Å². The van der Waals surface area contributed by atoms with E-state index < -0.39 is 11.8 Å². The maximum atomic E-state index is 13.4. The van der Waals surface area contributed by atoms with Crippen LogP contribution in [0.2, 0.25) is 5.02 Å². The molecule has 160 valence electrons. The minimum atomic E-state index is -0.496. The molecule has 1 aliphatic heterocycles. The third-order valence-electron chi connectivity index (χ3n) is 5.92. The first-order chi connectivity index (χ1) is 14.6. The Balaban J connectivity index is 1.81. The normalized spacial score (nSPS) is 22.6. The maximum Gasteiger partial charge on any atom is 0.254 e. The summed E-state index contributed by atoms with van der Waals surface area (Å²) in [6.07, 6.45) is 1.13. The lowest BCUT2D eigenvalue weighted by Gasteiger charge is -2.41. The fourth-order valence-corrected chi connectivity index (χ4v) is 4.88. The standard InChI is InChI=1S/C25H24ClFN2O2/c1-14-21(24(31)29-18-9-7-17(27)8-10-18)22(15-5-4-6-16(26)11-15)23-19(28-14)12-25(2,3)13-20(23)30/h4-11,22-23H,12-13H2,1-3H3,(H,29,31)/t22-,23-/m1/s1. The summed E-state index contributed by atoms with van der Waals surface area (Å²) in [6.45, 7) is 5.92. The van der Waals surface area contributed by atoms with Crippen LogP contribution >= 0.6 is 11.6 Å². The van der Waals surface area contributed by atoms with Crippen molar-refractivity contribution in [3.63, 3.8) is 0 Å². The van der Waals surface area contributed by atoms with E-state index in [2.05, 4.69) is 19.2 Å². The maximum absolute atomic E-state index is 13.4. The molecule has 1 fully saturated rings. The lowest BCUT2D eigenvalue weighted by atomic mass is 9.63. The van der Waals surface area contributed by atoms with Crippen LogP contribution in [-0.4, -0.2) is 17.4 Å². The molecule has 1 heterocycles. The second-order valence-electron chi connectivity index (χ2n) is 9.06. The van der Waals surface area contributed by atoms with Crippen LogP contribution in [0.3, 0.4) is 0 Å². The van der Waals surface area contributed by atoms with Gasteiger partial charge in [-0.25, -0.2) is 4.39 Å². The molecule has 1 saturated carbocycles. The highest BCUT2D eigenvalue weighted by atomic mass is 35.5. The number of ketones is 1. The number of anilines is 1. The number of carbonyl (C=O) groups is 2.